The first-order chi connectivity index (χ1) is 9.83. The highest BCUT2D eigenvalue weighted by Gasteiger charge is 2.24. The molecule has 1 aromatic rings. The van der Waals surface area contributed by atoms with E-state index in [4.69, 9.17) is 9.47 Å². The minimum Gasteiger partial charge on any atom is -0.496 e. The largest absolute Gasteiger partial charge is 0.496 e. The van der Waals surface area contributed by atoms with Gasteiger partial charge in [0.1, 0.15) is 11.5 Å². The Labute approximate surface area is 121 Å². The highest BCUT2D eigenvalue weighted by Crippen LogP contribution is 2.41. The van der Waals surface area contributed by atoms with E-state index in [9.17, 15) is 0 Å². The predicted octanol–water partition coefficient (Wildman–Crippen LogP) is 2.73. The predicted molar refractivity (Wildman–Crippen MR) is 81.0 cm³/mol. The SMILES string of the molecule is COc1cc(N2CCCC2)c(OC)cc1C1CCCN1. The van der Waals surface area contributed by atoms with Crippen LogP contribution in [0.5, 0.6) is 11.5 Å². The van der Waals surface area contributed by atoms with E-state index < -0.39 is 0 Å². The monoisotopic (exact) mass is 276 g/mol. The second-order valence-electron chi connectivity index (χ2n) is 5.61. The van der Waals surface area contributed by atoms with Crippen molar-refractivity contribution in [1.82, 2.24) is 5.32 Å². The van der Waals surface area contributed by atoms with Crippen molar-refractivity contribution in [3.8, 4) is 11.5 Å². The van der Waals surface area contributed by atoms with Crippen molar-refractivity contribution in [2.24, 2.45) is 0 Å². The van der Waals surface area contributed by atoms with E-state index >= 15 is 0 Å². The fourth-order valence-corrected chi connectivity index (χ4v) is 3.33. The molecule has 4 heteroatoms. The van der Waals surface area contributed by atoms with Crippen LogP contribution in [0.2, 0.25) is 0 Å². The van der Waals surface area contributed by atoms with Crippen LogP contribution in [0.1, 0.15) is 37.3 Å². The van der Waals surface area contributed by atoms with E-state index in [2.05, 4.69) is 22.3 Å². The van der Waals surface area contributed by atoms with Crippen LogP contribution in [0.15, 0.2) is 12.1 Å². The number of hydrogen-bond acceptors (Lipinski definition) is 4. The highest BCUT2D eigenvalue weighted by atomic mass is 16.5. The molecule has 20 heavy (non-hydrogen) atoms. The zero-order valence-electron chi connectivity index (χ0n) is 12.4. The van der Waals surface area contributed by atoms with E-state index in [0.717, 1.165) is 31.1 Å². The smallest absolute Gasteiger partial charge is 0.142 e. The molecular weight excluding hydrogens is 252 g/mol. The molecule has 4 nitrogen and oxygen atoms in total. The Morgan fingerprint density at radius 1 is 1.05 bits per heavy atom. The average Bonchev–Trinajstić information content (AvgIpc) is 3.18. The van der Waals surface area contributed by atoms with Gasteiger partial charge in [-0.3, -0.25) is 0 Å². The third-order valence-electron chi connectivity index (χ3n) is 4.41. The number of nitrogens with zero attached hydrogens (tertiary/aromatic N) is 1. The van der Waals surface area contributed by atoms with Crippen LogP contribution in [0.25, 0.3) is 0 Å². The fraction of sp³-hybridized carbons (Fsp3) is 0.625. The van der Waals surface area contributed by atoms with Gasteiger partial charge in [-0.15, -0.1) is 0 Å². The van der Waals surface area contributed by atoms with E-state index in [0.29, 0.717) is 6.04 Å². The summed E-state index contributed by atoms with van der Waals surface area (Å²) < 4.78 is 11.3. The van der Waals surface area contributed by atoms with Crippen molar-refractivity contribution in [3.63, 3.8) is 0 Å². The molecule has 3 rings (SSSR count). The Morgan fingerprint density at radius 3 is 2.40 bits per heavy atom. The van der Waals surface area contributed by atoms with Gasteiger partial charge in [0, 0.05) is 30.8 Å². The molecule has 0 radical (unpaired) electrons. The quantitative estimate of drug-likeness (QED) is 0.917. The van der Waals surface area contributed by atoms with E-state index in [1.807, 2.05) is 0 Å². The molecule has 0 aliphatic carbocycles. The fourth-order valence-electron chi connectivity index (χ4n) is 3.33. The number of nitrogens with one attached hydrogen (secondary N) is 1. The van der Waals surface area contributed by atoms with Crippen molar-refractivity contribution in [3.05, 3.63) is 17.7 Å². The molecule has 0 spiro atoms. The number of methoxy groups -OCH3 is 2. The second kappa shape index (κ2) is 5.92. The minimum atomic E-state index is 0.395. The molecule has 1 unspecified atom stereocenters. The number of hydrogen-bond donors (Lipinski definition) is 1. The first kappa shape index (κ1) is 13.6. The van der Waals surface area contributed by atoms with Crippen molar-refractivity contribution in [1.29, 1.82) is 0 Å². The summed E-state index contributed by atoms with van der Waals surface area (Å²) in [4.78, 5) is 2.40. The molecule has 2 aliphatic rings. The Hall–Kier alpha value is -1.42. The third-order valence-corrected chi connectivity index (χ3v) is 4.41. The van der Waals surface area contributed by atoms with Crippen molar-refractivity contribution in [2.75, 3.05) is 38.8 Å². The second-order valence-corrected chi connectivity index (χ2v) is 5.61. The van der Waals surface area contributed by atoms with Gasteiger partial charge in [-0.25, -0.2) is 0 Å². The van der Waals surface area contributed by atoms with Gasteiger partial charge in [0.05, 0.1) is 19.9 Å². The van der Waals surface area contributed by atoms with E-state index in [1.54, 1.807) is 14.2 Å². The summed E-state index contributed by atoms with van der Waals surface area (Å²) in [5.74, 6) is 1.95. The average molecular weight is 276 g/mol. The highest BCUT2D eigenvalue weighted by molar-refractivity contribution is 5.65. The molecule has 2 aliphatic heterocycles. The summed E-state index contributed by atoms with van der Waals surface area (Å²) in [6.45, 7) is 3.31. The maximum atomic E-state index is 5.64. The van der Waals surface area contributed by atoms with Gasteiger partial charge in [-0.1, -0.05) is 0 Å². The third kappa shape index (κ3) is 2.44. The van der Waals surface area contributed by atoms with Gasteiger partial charge in [-0.05, 0) is 38.3 Å². The number of benzene rings is 1. The van der Waals surface area contributed by atoms with Crippen LogP contribution in [0, 0.1) is 0 Å². The number of rotatable bonds is 4. The van der Waals surface area contributed by atoms with Gasteiger partial charge in [-0.2, -0.15) is 0 Å². The minimum absolute atomic E-state index is 0.395. The lowest BCUT2D eigenvalue weighted by atomic mass is 10.0. The Morgan fingerprint density at radius 2 is 1.80 bits per heavy atom. The summed E-state index contributed by atoms with van der Waals surface area (Å²) in [5.41, 5.74) is 2.40. The zero-order chi connectivity index (χ0) is 13.9. The van der Waals surface area contributed by atoms with Crippen LogP contribution in [0.4, 0.5) is 5.69 Å². The molecule has 2 heterocycles. The zero-order valence-corrected chi connectivity index (χ0v) is 12.4. The first-order valence-electron chi connectivity index (χ1n) is 7.57. The molecular formula is C16H24N2O2. The summed E-state index contributed by atoms with van der Waals surface area (Å²) >= 11 is 0. The molecule has 1 aromatic carbocycles. The van der Waals surface area contributed by atoms with Gasteiger partial charge < -0.3 is 19.7 Å². The maximum Gasteiger partial charge on any atom is 0.142 e. The van der Waals surface area contributed by atoms with Gasteiger partial charge in [0.15, 0.2) is 0 Å². The summed E-state index contributed by atoms with van der Waals surface area (Å²) in [7, 11) is 3.52. The van der Waals surface area contributed by atoms with Crippen LogP contribution in [-0.2, 0) is 0 Å². The first-order valence-corrected chi connectivity index (χ1v) is 7.57. The van der Waals surface area contributed by atoms with Gasteiger partial charge in [0.25, 0.3) is 0 Å². The molecule has 2 saturated heterocycles. The van der Waals surface area contributed by atoms with E-state index in [1.165, 1.54) is 36.9 Å². The number of ether oxygens (including phenoxy) is 2. The lowest BCUT2D eigenvalue weighted by Crippen LogP contribution is -2.19. The van der Waals surface area contributed by atoms with Crippen LogP contribution < -0.4 is 19.7 Å². The summed E-state index contributed by atoms with van der Waals surface area (Å²) in [6, 6.07) is 4.71. The van der Waals surface area contributed by atoms with Gasteiger partial charge >= 0.3 is 0 Å². The van der Waals surface area contributed by atoms with Crippen LogP contribution in [0.3, 0.4) is 0 Å². The molecule has 1 N–H and O–H groups in total. The maximum absolute atomic E-state index is 5.64. The Balaban J connectivity index is 1.98. The molecule has 110 valence electrons. The number of anilines is 1. The Bertz CT molecular complexity index is 420. The topological polar surface area (TPSA) is 33.7 Å². The van der Waals surface area contributed by atoms with Gasteiger partial charge in [0.2, 0.25) is 0 Å². The van der Waals surface area contributed by atoms with Crippen LogP contribution in [-0.4, -0.2) is 33.9 Å². The molecule has 1 atom stereocenters. The van der Waals surface area contributed by atoms with Crippen LogP contribution >= 0.6 is 0 Å². The normalized spacial score (nSPS) is 22.3. The molecule has 0 aromatic heterocycles. The van der Waals surface area contributed by atoms with Crippen molar-refractivity contribution >= 4 is 5.69 Å². The molecule has 2 fully saturated rings. The standard InChI is InChI=1S/C16H24N2O2/c1-19-15-11-14(18-8-3-4-9-18)16(20-2)10-12(15)13-6-5-7-17-13/h10-11,13,17H,3-9H2,1-2H3. The molecule has 0 saturated carbocycles. The van der Waals surface area contributed by atoms with E-state index in [-0.39, 0.29) is 0 Å². The van der Waals surface area contributed by atoms with Crippen molar-refractivity contribution < 1.29 is 9.47 Å². The lowest BCUT2D eigenvalue weighted by Gasteiger charge is -2.24. The molecule has 0 amide bonds. The summed E-state index contributed by atoms with van der Waals surface area (Å²) in [5, 5.41) is 3.54. The Kier molecular flexibility index (Phi) is 4.01. The summed E-state index contributed by atoms with van der Waals surface area (Å²) in [6.07, 6.45) is 4.92. The lowest BCUT2D eigenvalue weighted by molar-refractivity contribution is 0.393. The van der Waals surface area contributed by atoms with Crippen molar-refractivity contribution in [2.45, 2.75) is 31.7 Å². The molecule has 0 bridgehead atoms.